The minimum atomic E-state index is 0.539. The number of nitrogens with zero attached hydrogens (tertiary/aromatic N) is 5. The van der Waals surface area contributed by atoms with Crippen LogP contribution in [0.1, 0.15) is 19.0 Å². The number of pyridine rings is 1. The minimum Gasteiger partial charge on any atom is -0.324 e. The maximum Gasteiger partial charge on any atom is 0.227 e. The monoisotopic (exact) mass is 344 g/mol. The molecule has 26 heavy (non-hydrogen) atoms. The van der Waals surface area contributed by atoms with Crippen LogP contribution in [-0.4, -0.2) is 24.5 Å². The van der Waals surface area contributed by atoms with Crippen LogP contribution in [0.15, 0.2) is 55.0 Å². The quantitative estimate of drug-likeness (QED) is 0.583. The van der Waals surface area contributed by atoms with Gasteiger partial charge in [0.05, 0.1) is 28.5 Å². The third kappa shape index (κ3) is 3.13. The molecule has 0 aliphatic heterocycles. The number of nitrogens with one attached hydrogen (secondary N) is 1. The lowest BCUT2D eigenvalue weighted by Crippen LogP contribution is -2.02. The number of para-hydroxylation sites is 2. The number of aromatic nitrogens is 5. The number of benzene rings is 1. The minimum absolute atomic E-state index is 0.539. The molecule has 4 rings (SSSR count). The molecule has 6 heteroatoms. The Labute approximate surface area is 152 Å². The van der Waals surface area contributed by atoms with Crippen LogP contribution >= 0.6 is 0 Å². The van der Waals surface area contributed by atoms with E-state index in [1.807, 2.05) is 49.6 Å². The summed E-state index contributed by atoms with van der Waals surface area (Å²) in [6.45, 7) is 5.03. The molecular weight excluding hydrogens is 324 g/mol. The molecule has 3 heterocycles. The molecule has 0 spiro atoms. The first-order valence-corrected chi connectivity index (χ1v) is 8.72. The highest BCUT2D eigenvalue weighted by Gasteiger charge is 2.12. The summed E-state index contributed by atoms with van der Waals surface area (Å²) in [5, 5.41) is 3.16. The predicted molar refractivity (Wildman–Crippen MR) is 103 cm³/mol. The van der Waals surface area contributed by atoms with Crippen molar-refractivity contribution in [3.8, 4) is 11.4 Å². The van der Waals surface area contributed by atoms with Gasteiger partial charge in [-0.3, -0.25) is 4.98 Å². The van der Waals surface area contributed by atoms with Crippen molar-refractivity contribution in [2.24, 2.45) is 0 Å². The summed E-state index contributed by atoms with van der Waals surface area (Å²) < 4.78 is 2.23. The number of rotatable bonds is 5. The molecule has 0 bridgehead atoms. The van der Waals surface area contributed by atoms with Gasteiger partial charge in [-0.15, -0.1) is 0 Å². The summed E-state index contributed by atoms with van der Waals surface area (Å²) in [4.78, 5) is 17.9. The second kappa shape index (κ2) is 6.92. The van der Waals surface area contributed by atoms with Crippen molar-refractivity contribution >= 4 is 22.7 Å². The molecule has 0 aliphatic carbocycles. The number of anilines is 2. The van der Waals surface area contributed by atoms with Gasteiger partial charge in [0, 0.05) is 24.6 Å². The van der Waals surface area contributed by atoms with Gasteiger partial charge in [0.1, 0.15) is 5.82 Å². The fourth-order valence-corrected chi connectivity index (χ4v) is 2.92. The smallest absolute Gasteiger partial charge is 0.227 e. The van der Waals surface area contributed by atoms with E-state index in [-0.39, 0.29) is 0 Å². The van der Waals surface area contributed by atoms with Crippen LogP contribution in [0, 0.1) is 6.92 Å². The normalized spacial score (nSPS) is 11.0. The average molecular weight is 344 g/mol. The van der Waals surface area contributed by atoms with Gasteiger partial charge in [0.2, 0.25) is 5.95 Å². The molecule has 6 nitrogen and oxygen atoms in total. The molecule has 0 amide bonds. The van der Waals surface area contributed by atoms with Crippen LogP contribution in [0.2, 0.25) is 0 Å². The maximum atomic E-state index is 4.78. The van der Waals surface area contributed by atoms with E-state index in [0.29, 0.717) is 5.95 Å². The molecule has 0 fully saturated rings. The van der Waals surface area contributed by atoms with E-state index < -0.39 is 0 Å². The summed E-state index contributed by atoms with van der Waals surface area (Å²) in [6, 6.07) is 12.1. The summed E-state index contributed by atoms with van der Waals surface area (Å²) in [6.07, 6.45) is 6.43. The van der Waals surface area contributed by atoms with Gasteiger partial charge in [-0.2, -0.15) is 0 Å². The van der Waals surface area contributed by atoms with Crippen molar-refractivity contribution in [1.82, 2.24) is 24.5 Å². The highest BCUT2D eigenvalue weighted by atomic mass is 15.1. The predicted octanol–water partition coefficient (Wildman–Crippen LogP) is 4.35. The van der Waals surface area contributed by atoms with Crippen molar-refractivity contribution in [2.45, 2.75) is 26.8 Å². The molecule has 1 N–H and O–H groups in total. The molecule has 0 saturated carbocycles. The number of aryl methyl sites for hydroxylation is 2. The highest BCUT2D eigenvalue weighted by molar-refractivity contribution is 5.80. The fourth-order valence-electron chi connectivity index (χ4n) is 2.92. The van der Waals surface area contributed by atoms with Gasteiger partial charge in [0.25, 0.3) is 0 Å². The Bertz CT molecular complexity index is 1020. The zero-order valence-corrected chi connectivity index (χ0v) is 14.8. The standard InChI is InChI=1S/C20H20N6/c1-3-10-26-18-7-5-4-6-17(18)25-19(26)15-11-22-20(23-12-15)24-16-9-8-14(2)21-13-16/h4-9,11-13H,3,10H2,1-2H3,(H,22,23,24). The summed E-state index contributed by atoms with van der Waals surface area (Å²) in [5.74, 6) is 1.44. The lowest BCUT2D eigenvalue weighted by Gasteiger charge is -2.08. The number of hydrogen-bond donors (Lipinski definition) is 1. The molecular formula is C20H20N6. The van der Waals surface area contributed by atoms with Gasteiger partial charge >= 0.3 is 0 Å². The molecule has 0 aliphatic rings. The van der Waals surface area contributed by atoms with Gasteiger partial charge < -0.3 is 9.88 Å². The van der Waals surface area contributed by atoms with E-state index in [1.165, 1.54) is 0 Å². The van der Waals surface area contributed by atoms with E-state index in [1.54, 1.807) is 6.20 Å². The van der Waals surface area contributed by atoms with Crippen molar-refractivity contribution in [3.63, 3.8) is 0 Å². The third-order valence-corrected chi connectivity index (χ3v) is 4.18. The van der Waals surface area contributed by atoms with Gasteiger partial charge in [0.15, 0.2) is 0 Å². The van der Waals surface area contributed by atoms with Crippen molar-refractivity contribution in [1.29, 1.82) is 0 Å². The second-order valence-corrected chi connectivity index (χ2v) is 6.18. The number of hydrogen-bond acceptors (Lipinski definition) is 5. The Morgan fingerprint density at radius 3 is 2.50 bits per heavy atom. The van der Waals surface area contributed by atoms with E-state index in [4.69, 9.17) is 4.98 Å². The SMILES string of the molecule is CCCn1c(-c2cnc(Nc3ccc(C)nc3)nc2)nc2ccccc21. The maximum absolute atomic E-state index is 4.78. The first-order chi connectivity index (χ1) is 12.7. The number of fused-ring (bicyclic) bond motifs is 1. The van der Waals surface area contributed by atoms with Gasteiger partial charge in [-0.05, 0) is 37.6 Å². The molecule has 0 unspecified atom stereocenters. The van der Waals surface area contributed by atoms with Crippen molar-refractivity contribution < 1.29 is 0 Å². The zero-order valence-electron chi connectivity index (χ0n) is 14.8. The first kappa shape index (κ1) is 16.2. The molecule has 3 aromatic heterocycles. The van der Waals surface area contributed by atoms with Crippen LogP contribution < -0.4 is 5.32 Å². The second-order valence-electron chi connectivity index (χ2n) is 6.18. The Hall–Kier alpha value is -3.28. The summed E-state index contributed by atoms with van der Waals surface area (Å²) in [5.41, 5.74) is 4.87. The van der Waals surface area contributed by atoms with Gasteiger partial charge in [-0.1, -0.05) is 19.1 Å². The first-order valence-electron chi connectivity index (χ1n) is 8.72. The summed E-state index contributed by atoms with van der Waals surface area (Å²) in [7, 11) is 0. The van der Waals surface area contributed by atoms with Crippen LogP contribution in [0.25, 0.3) is 22.4 Å². The highest BCUT2D eigenvalue weighted by Crippen LogP contribution is 2.25. The Balaban J connectivity index is 1.65. The lowest BCUT2D eigenvalue weighted by atomic mass is 10.3. The van der Waals surface area contributed by atoms with E-state index >= 15 is 0 Å². The molecule has 4 aromatic rings. The van der Waals surface area contributed by atoms with Crippen molar-refractivity contribution in [3.05, 3.63) is 60.7 Å². The Kier molecular flexibility index (Phi) is 4.31. The van der Waals surface area contributed by atoms with Crippen LogP contribution in [0.4, 0.5) is 11.6 Å². The van der Waals surface area contributed by atoms with E-state index in [9.17, 15) is 0 Å². The lowest BCUT2D eigenvalue weighted by molar-refractivity contribution is 0.703. The van der Waals surface area contributed by atoms with Crippen molar-refractivity contribution in [2.75, 3.05) is 5.32 Å². The zero-order chi connectivity index (χ0) is 17.9. The Morgan fingerprint density at radius 1 is 0.962 bits per heavy atom. The molecule has 1 aromatic carbocycles. The van der Waals surface area contributed by atoms with Crippen LogP contribution in [0.5, 0.6) is 0 Å². The molecule has 0 saturated heterocycles. The van der Waals surface area contributed by atoms with Crippen LogP contribution in [0.3, 0.4) is 0 Å². The third-order valence-electron chi connectivity index (χ3n) is 4.18. The van der Waals surface area contributed by atoms with Gasteiger partial charge in [-0.25, -0.2) is 15.0 Å². The van der Waals surface area contributed by atoms with Crippen LogP contribution in [-0.2, 0) is 6.54 Å². The fraction of sp³-hybridized carbons (Fsp3) is 0.200. The molecule has 0 radical (unpaired) electrons. The summed E-state index contributed by atoms with van der Waals surface area (Å²) >= 11 is 0. The molecule has 0 atom stereocenters. The van der Waals surface area contributed by atoms with E-state index in [0.717, 1.165) is 46.8 Å². The van der Waals surface area contributed by atoms with E-state index in [2.05, 4.69) is 37.8 Å². The number of imidazole rings is 1. The largest absolute Gasteiger partial charge is 0.324 e. The average Bonchev–Trinajstić information content (AvgIpc) is 3.03. The Morgan fingerprint density at radius 2 is 1.77 bits per heavy atom. The molecule has 130 valence electrons. The topological polar surface area (TPSA) is 68.5 Å².